The van der Waals surface area contributed by atoms with Crippen molar-refractivity contribution in [3.63, 3.8) is 0 Å². The van der Waals surface area contributed by atoms with Gasteiger partial charge in [0.25, 0.3) is 0 Å². The Morgan fingerprint density at radius 3 is 2.61 bits per heavy atom. The molecule has 1 aromatic carbocycles. The molecule has 0 bridgehead atoms. The van der Waals surface area contributed by atoms with Gasteiger partial charge in [-0.2, -0.15) is 4.98 Å². The van der Waals surface area contributed by atoms with Gasteiger partial charge in [-0.05, 0) is 71.4 Å². The molecule has 1 atom stereocenters. The van der Waals surface area contributed by atoms with Crippen LogP contribution in [0.5, 0.6) is 0 Å². The molecule has 2 aromatic heterocycles. The quantitative estimate of drug-likeness (QED) is 0.443. The van der Waals surface area contributed by atoms with E-state index in [1.165, 1.54) is 0 Å². The lowest BCUT2D eigenvalue weighted by atomic mass is 10.1. The van der Waals surface area contributed by atoms with E-state index < -0.39 is 0 Å². The van der Waals surface area contributed by atoms with Crippen LogP contribution in [-0.2, 0) is 0 Å². The van der Waals surface area contributed by atoms with Crippen LogP contribution < -0.4 is 16.1 Å². The van der Waals surface area contributed by atoms with Crippen molar-refractivity contribution in [3.8, 4) is 0 Å². The average Bonchev–Trinajstić information content (AvgIpc) is 2.71. The molecule has 0 spiro atoms. The van der Waals surface area contributed by atoms with Gasteiger partial charge in [0.05, 0.1) is 0 Å². The third-order valence-electron chi connectivity index (χ3n) is 5.47. The van der Waals surface area contributed by atoms with E-state index in [4.69, 9.17) is 0 Å². The summed E-state index contributed by atoms with van der Waals surface area (Å²) in [5.41, 5.74) is 3.39. The number of pyridine rings is 1. The van der Waals surface area contributed by atoms with Gasteiger partial charge in [-0.15, -0.1) is 0 Å². The number of aryl methyl sites for hydroxylation is 2. The lowest BCUT2D eigenvalue weighted by Gasteiger charge is -2.20. The molecular formula is C24H34N6O. The van der Waals surface area contributed by atoms with Crippen molar-refractivity contribution in [1.29, 1.82) is 0 Å². The topological polar surface area (TPSA) is 85.9 Å². The monoisotopic (exact) mass is 422 g/mol. The van der Waals surface area contributed by atoms with Gasteiger partial charge >= 0.3 is 0 Å². The molecular weight excluding hydrogens is 388 g/mol. The van der Waals surface area contributed by atoms with Gasteiger partial charge in [0.15, 0.2) is 5.43 Å². The molecule has 0 radical (unpaired) electrons. The summed E-state index contributed by atoms with van der Waals surface area (Å²) in [6.07, 6.45) is 2.20. The predicted octanol–water partition coefficient (Wildman–Crippen LogP) is 4.60. The molecule has 0 fully saturated rings. The fraction of sp³-hybridized carbons (Fsp3) is 0.458. The third-order valence-corrected chi connectivity index (χ3v) is 5.47. The molecule has 0 aliphatic rings. The normalized spacial score (nSPS) is 12.3. The van der Waals surface area contributed by atoms with Crippen molar-refractivity contribution in [2.75, 3.05) is 30.3 Å². The third kappa shape index (κ3) is 6.28. The first-order valence-corrected chi connectivity index (χ1v) is 11.1. The second-order valence-electron chi connectivity index (χ2n) is 8.13. The maximum absolute atomic E-state index is 12.3. The van der Waals surface area contributed by atoms with Crippen molar-refractivity contribution in [1.82, 2.24) is 19.9 Å². The van der Waals surface area contributed by atoms with Gasteiger partial charge in [0, 0.05) is 46.2 Å². The SMILES string of the molecule is CCN(CC)CCCC(C)Nc1nc(C)cc(Nc2ccc3[nH]c(C)cc(=O)c3c2)n1. The first-order chi connectivity index (χ1) is 14.9. The fourth-order valence-corrected chi connectivity index (χ4v) is 3.76. The van der Waals surface area contributed by atoms with E-state index in [1.54, 1.807) is 6.07 Å². The van der Waals surface area contributed by atoms with E-state index in [0.717, 1.165) is 55.1 Å². The molecule has 1 unspecified atom stereocenters. The van der Waals surface area contributed by atoms with Crippen LogP contribution in [0.15, 0.2) is 35.1 Å². The summed E-state index contributed by atoms with van der Waals surface area (Å²) in [4.78, 5) is 27.1. The molecule has 0 saturated heterocycles. The Labute approximate surface area is 184 Å². The summed E-state index contributed by atoms with van der Waals surface area (Å²) in [7, 11) is 0. The van der Waals surface area contributed by atoms with E-state index >= 15 is 0 Å². The van der Waals surface area contributed by atoms with Gasteiger partial charge in [-0.1, -0.05) is 13.8 Å². The van der Waals surface area contributed by atoms with Crippen molar-refractivity contribution in [3.05, 3.63) is 51.9 Å². The molecule has 31 heavy (non-hydrogen) atoms. The highest BCUT2D eigenvalue weighted by molar-refractivity contribution is 5.83. The Morgan fingerprint density at radius 2 is 1.87 bits per heavy atom. The minimum atomic E-state index is 0.00894. The molecule has 3 rings (SSSR count). The van der Waals surface area contributed by atoms with Gasteiger partial charge in [-0.3, -0.25) is 4.79 Å². The highest BCUT2D eigenvalue weighted by Crippen LogP contribution is 2.20. The van der Waals surface area contributed by atoms with Crippen LogP contribution in [0.3, 0.4) is 0 Å². The highest BCUT2D eigenvalue weighted by atomic mass is 16.1. The predicted molar refractivity (Wildman–Crippen MR) is 129 cm³/mol. The van der Waals surface area contributed by atoms with Gasteiger partial charge in [-0.25, -0.2) is 4.98 Å². The zero-order chi connectivity index (χ0) is 22.4. The number of H-pyrrole nitrogens is 1. The lowest BCUT2D eigenvalue weighted by molar-refractivity contribution is 0.295. The van der Waals surface area contributed by atoms with E-state index in [-0.39, 0.29) is 11.5 Å². The Kier molecular flexibility index (Phi) is 7.63. The number of aromatic amines is 1. The van der Waals surface area contributed by atoms with Crippen molar-refractivity contribution < 1.29 is 0 Å². The van der Waals surface area contributed by atoms with Crippen LogP contribution in [0.4, 0.5) is 17.5 Å². The standard InChI is InChI=1S/C24H34N6O/c1-6-30(7-2)12-8-9-16(3)26-24-27-18(5)14-23(29-24)28-19-10-11-21-20(15-19)22(31)13-17(4)25-21/h10-11,13-16H,6-9,12H2,1-5H3,(H,25,31)(H2,26,27,28,29). The molecule has 7 heteroatoms. The second kappa shape index (κ2) is 10.4. The minimum absolute atomic E-state index is 0.00894. The van der Waals surface area contributed by atoms with E-state index in [9.17, 15) is 4.79 Å². The molecule has 166 valence electrons. The first-order valence-electron chi connectivity index (χ1n) is 11.1. The summed E-state index contributed by atoms with van der Waals surface area (Å²) in [6, 6.07) is 9.51. The van der Waals surface area contributed by atoms with Crippen LogP contribution >= 0.6 is 0 Å². The molecule has 0 aliphatic carbocycles. The summed E-state index contributed by atoms with van der Waals surface area (Å²) in [5.74, 6) is 1.32. The smallest absolute Gasteiger partial charge is 0.225 e. The number of benzene rings is 1. The number of hydrogen-bond acceptors (Lipinski definition) is 6. The van der Waals surface area contributed by atoms with Crippen LogP contribution in [0, 0.1) is 13.8 Å². The van der Waals surface area contributed by atoms with Gasteiger partial charge in [0.2, 0.25) is 5.95 Å². The number of rotatable bonds is 10. The van der Waals surface area contributed by atoms with Gasteiger partial charge < -0.3 is 20.5 Å². The maximum Gasteiger partial charge on any atom is 0.225 e. The Bertz CT molecular complexity index is 1070. The lowest BCUT2D eigenvalue weighted by Crippen LogP contribution is -2.26. The Hall–Kier alpha value is -2.93. The maximum atomic E-state index is 12.3. The van der Waals surface area contributed by atoms with E-state index in [1.807, 2.05) is 38.1 Å². The summed E-state index contributed by atoms with van der Waals surface area (Å²) < 4.78 is 0. The van der Waals surface area contributed by atoms with Crippen molar-refractivity contribution in [2.45, 2.75) is 53.5 Å². The Morgan fingerprint density at radius 1 is 1.10 bits per heavy atom. The number of hydrogen-bond donors (Lipinski definition) is 3. The fourth-order valence-electron chi connectivity index (χ4n) is 3.76. The average molecular weight is 423 g/mol. The van der Waals surface area contributed by atoms with Crippen LogP contribution in [0.1, 0.15) is 45.0 Å². The number of nitrogens with zero attached hydrogens (tertiary/aromatic N) is 3. The molecule has 3 N–H and O–H groups in total. The molecule has 0 saturated carbocycles. The van der Waals surface area contributed by atoms with Gasteiger partial charge in [0.1, 0.15) is 5.82 Å². The molecule has 0 aliphatic heterocycles. The van der Waals surface area contributed by atoms with Crippen molar-refractivity contribution in [2.24, 2.45) is 0 Å². The largest absolute Gasteiger partial charge is 0.358 e. The molecule has 7 nitrogen and oxygen atoms in total. The second-order valence-corrected chi connectivity index (χ2v) is 8.13. The van der Waals surface area contributed by atoms with Crippen LogP contribution in [-0.4, -0.2) is 45.5 Å². The molecule has 3 aromatic rings. The zero-order valence-corrected chi connectivity index (χ0v) is 19.2. The Balaban J connectivity index is 1.68. The highest BCUT2D eigenvalue weighted by Gasteiger charge is 2.09. The summed E-state index contributed by atoms with van der Waals surface area (Å²) >= 11 is 0. The van der Waals surface area contributed by atoms with Crippen LogP contribution in [0.25, 0.3) is 10.9 Å². The number of aromatic nitrogens is 3. The zero-order valence-electron chi connectivity index (χ0n) is 19.2. The number of nitrogens with one attached hydrogen (secondary N) is 3. The minimum Gasteiger partial charge on any atom is -0.358 e. The summed E-state index contributed by atoms with van der Waals surface area (Å²) in [6.45, 7) is 13.7. The number of anilines is 3. The summed E-state index contributed by atoms with van der Waals surface area (Å²) in [5, 5.41) is 7.40. The molecule has 2 heterocycles. The first kappa shape index (κ1) is 22.7. The number of fused-ring (bicyclic) bond motifs is 1. The van der Waals surface area contributed by atoms with E-state index in [0.29, 0.717) is 17.2 Å². The van der Waals surface area contributed by atoms with E-state index in [2.05, 4.69) is 51.3 Å². The van der Waals surface area contributed by atoms with Crippen LogP contribution in [0.2, 0.25) is 0 Å². The molecule has 0 amide bonds. The van der Waals surface area contributed by atoms with Crippen molar-refractivity contribution >= 4 is 28.4 Å².